The Labute approximate surface area is 96.9 Å². The van der Waals surface area contributed by atoms with Crippen LogP contribution in [0.25, 0.3) is 0 Å². The lowest BCUT2D eigenvalue weighted by Gasteiger charge is -2.09. The summed E-state index contributed by atoms with van der Waals surface area (Å²) in [4.78, 5) is 10.9. The fourth-order valence-corrected chi connectivity index (χ4v) is 0.901. The monoisotopic (exact) mass is 274 g/mol. The van der Waals surface area contributed by atoms with Crippen LogP contribution in [-0.4, -0.2) is 11.3 Å². The molecule has 94 valence electrons. The zero-order chi connectivity index (χ0) is 13.3. The smallest absolute Gasteiger partial charge is 0.329 e. The van der Waals surface area contributed by atoms with Crippen molar-refractivity contribution in [1.29, 1.82) is 0 Å². The maximum atomic E-state index is 13.0. The van der Waals surface area contributed by atoms with Crippen LogP contribution in [0.4, 0.5) is 22.0 Å². The van der Waals surface area contributed by atoms with Crippen LogP contribution >= 0.6 is 11.6 Å². The highest BCUT2D eigenvalue weighted by Crippen LogP contribution is 2.29. The molecule has 0 saturated heterocycles. The summed E-state index contributed by atoms with van der Waals surface area (Å²) in [5.74, 6) is -14.2. The maximum absolute atomic E-state index is 13.0. The van der Waals surface area contributed by atoms with Crippen LogP contribution in [0.15, 0.2) is 0 Å². The van der Waals surface area contributed by atoms with Gasteiger partial charge in [0.2, 0.25) is 34.8 Å². The van der Waals surface area contributed by atoms with Crippen molar-refractivity contribution in [2.45, 2.75) is 12.3 Å². The van der Waals surface area contributed by atoms with Gasteiger partial charge in [0.25, 0.3) is 0 Å². The molecule has 1 atom stereocenters. The summed E-state index contributed by atoms with van der Waals surface area (Å²) in [7, 11) is 0. The van der Waals surface area contributed by atoms with Crippen molar-refractivity contribution in [3.05, 3.63) is 29.1 Å². The van der Waals surface area contributed by atoms with Crippen LogP contribution in [0.5, 0.6) is 5.75 Å². The van der Waals surface area contributed by atoms with Gasteiger partial charge in [-0.2, -0.15) is 8.78 Å². The summed E-state index contributed by atoms with van der Waals surface area (Å²) in [5, 5.41) is -1.30. The zero-order valence-electron chi connectivity index (χ0n) is 8.16. The van der Waals surface area contributed by atoms with Gasteiger partial charge in [-0.1, -0.05) is 0 Å². The standard InChI is InChI=1S/C9H4ClF5O2/c1-2(10)9(16)17-8-6(14)4(12)3(11)5(13)7(8)15/h2H,1H3. The third kappa shape index (κ3) is 2.49. The molecule has 0 aliphatic rings. The van der Waals surface area contributed by atoms with E-state index < -0.39 is 46.2 Å². The maximum Gasteiger partial charge on any atom is 0.329 e. The van der Waals surface area contributed by atoms with E-state index in [1.807, 2.05) is 0 Å². The van der Waals surface area contributed by atoms with Gasteiger partial charge in [-0.05, 0) is 6.92 Å². The highest BCUT2D eigenvalue weighted by atomic mass is 35.5. The first kappa shape index (κ1) is 13.7. The number of benzene rings is 1. The fraction of sp³-hybridized carbons (Fsp3) is 0.222. The Morgan fingerprint density at radius 3 is 1.71 bits per heavy atom. The van der Waals surface area contributed by atoms with Crippen LogP contribution in [0.1, 0.15) is 6.92 Å². The van der Waals surface area contributed by atoms with Gasteiger partial charge in [-0.25, -0.2) is 13.2 Å². The SMILES string of the molecule is CC(Cl)C(=O)Oc1c(F)c(F)c(F)c(F)c1F. The summed E-state index contributed by atoms with van der Waals surface area (Å²) >= 11 is 5.21. The second kappa shape index (κ2) is 4.87. The number of hydrogen-bond donors (Lipinski definition) is 0. The van der Waals surface area contributed by atoms with Crippen LogP contribution < -0.4 is 4.74 Å². The lowest BCUT2D eigenvalue weighted by molar-refractivity contribution is -0.134. The summed E-state index contributed by atoms with van der Waals surface area (Å²) in [6, 6.07) is 0. The summed E-state index contributed by atoms with van der Waals surface area (Å²) < 4.78 is 67.9. The Morgan fingerprint density at radius 1 is 1.00 bits per heavy atom. The van der Waals surface area contributed by atoms with Crippen molar-refractivity contribution in [2.75, 3.05) is 0 Å². The van der Waals surface area contributed by atoms with Gasteiger partial charge in [0.15, 0.2) is 0 Å². The number of carbonyl (C=O) groups excluding carboxylic acids is 1. The van der Waals surface area contributed by atoms with E-state index in [4.69, 9.17) is 11.6 Å². The minimum atomic E-state index is -2.33. The van der Waals surface area contributed by atoms with Crippen molar-refractivity contribution in [3.8, 4) is 5.75 Å². The highest BCUT2D eigenvalue weighted by molar-refractivity contribution is 6.29. The van der Waals surface area contributed by atoms with Gasteiger partial charge in [-0.15, -0.1) is 11.6 Å². The predicted molar refractivity (Wildman–Crippen MR) is 47.2 cm³/mol. The molecular weight excluding hydrogens is 271 g/mol. The van der Waals surface area contributed by atoms with E-state index in [0.717, 1.165) is 6.92 Å². The molecule has 0 aromatic heterocycles. The molecule has 0 spiro atoms. The average molecular weight is 275 g/mol. The van der Waals surface area contributed by atoms with E-state index in [-0.39, 0.29) is 0 Å². The van der Waals surface area contributed by atoms with E-state index in [1.54, 1.807) is 0 Å². The second-order valence-electron chi connectivity index (χ2n) is 2.94. The minimum absolute atomic E-state index is 1.11. The fourth-order valence-electron chi connectivity index (χ4n) is 0.856. The van der Waals surface area contributed by atoms with Crippen molar-refractivity contribution in [2.24, 2.45) is 0 Å². The van der Waals surface area contributed by atoms with Crippen LogP contribution in [0.2, 0.25) is 0 Å². The number of rotatable bonds is 2. The van der Waals surface area contributed by atoms with Crippen molar-refractivity contribution in [3.63, 3.8) is 0 Å². The molecule has 0 aliphatic carbocycles. The van der Waals surface area contributed by atoms with Crippen molar-refractivity contribution < 1.29 is 31.5 Å². The van der Waals surface area contributed by atoms with Gasteiger partial charge >= 0.3 is 5.97 Å². The molecule has 1 aromatic rings. The molecule has 0 N–H and O–H groups in total. The van der Waals surface area contributed by atoms with Gasteiger partial charge in [0, 0.05) is 0 Å². The molecule has 1 rings (SSSR count). The number of hydrogen-bond acceptors (Lipinski definition) is 2. The molecule has 0 radical (unpaired) electrons. The van der Waals surface area contributed by atoms with Crippen LogP contribution in [-0.2, 0) is 4.79 Å². The molecule has 0 saturated carbocycles. The Balaban J connectivity index is 3.30. The summed E-state index contributed by atoms with van der Waals surface area (Å²) in [6.07, 6.45) is 0. The first-order valence-corrected chi connectivity index (χ1v) is 4.58. The van der Waals surface area contributed by atoms with Gasteiger partial charge in [-0.3, -0.25) is 4.79 Å². The minimum Gasteiger partial charge on any atom is -0.419 e. The second-order valence-corrected chi connectivity index (χ2v) is 3.59. The van der Waals surface area contributed by atoms with E-state index in [2.05, 4.69) is 4.74 Å². The number of alkyl halides is 1. The normalized spacial score (nSPS) is 12.4. The molecule has 0 heterocycles. The van der Waals surface area contributed by atoms with Crippen LogP contribution in [0, 0.1) is 29.1 Å². The third-order valence-corrected chi connectivity index (χ3v) is 1.88. The molecule has 2 nitrogen and oxygen atoms in total. The first-order chi connectivity index (χ1) is 7.77. The number of ether oxygens (including phenoxy) is 1. The molecule has 0 aliphatic heterocycles. The van der Waals surface area contributed by atoms with Gasteiger partial charge in [0.05, 0.1) is 0 Å². The highest BCUT2D eigenvalue weighted by Gasteiger charge is 2.29. The Morgan fingerprint density at radius 2 is 1.35 bits per heavy atom. The van der Waals surface area contributed by atoms with Crippen molar-refractivity contribution >= 4 is 17.6 Å². The summed E-state index contributed by atoms with van der Waals surface area (Å²) in [6.45, 7) is 1.11. The van der Waals surface area contributed by atoms with Crippen LogP contribution in [0.3, 0.4) is 0 Å². The zero-order valence-corrected chi connectivity index (χ0v) is 8.92. The van der Waals surface area contributed by atoms with E-state index in [0.29, 0.717) is 0 Å². The number of carbonyl (C=O) groups is 1. The molecule has 17 heavy (non-hydrogen) atoms. The topological polar surface area (TPSA) is 26.3 Å². The molecule has 0 fully saturated rings. The largest absolute Gasteiger partial charge is 0.419 e. The molecular formula is C9H4ClF5O2. The third-order valence-electron chi connectivity index (χ3n) is 1.70. The molecule has 1 unspecified atom stereocenters. The van der Waals surface area contributed by atoms with E-state index in [1.165, 1.54) is 0 Å². The molecule has 0 amide bonds. The van der Waals surface area contributed by atoms with E-state index in [9.17, 15) is 26.7 Å². The Bertz CT molecular complexity index is 446. The molecule has 1 aromatic carbocycles. The average Bonchev–Trinajstić information content (AvgIpc) is 2.29. The Kier molecular flexibility index (Phi) is 3.92. The molecule has 0 bridgehead atoms. The van der Waals surface area contributed by atoms with E-state index >= 15 is 0 Å². The molecule has 8 heteroatoms. The quantitative estimate of drug-likeness (QED) is 0.207. The van der Waals surface area contributed by atoms with Gasteiger partial charge < -0.3 is 4.74 Å². The lowest BCUT2D eigenvalue weighted by atomic mass is 10.2. The van der Waals surface area contributed by atoms with Gasteiger partial charge in [0.1, 0.15) is 5.38 Å². The van der Waals surface area contributed by atoms with Crippen molar-refractivity contribution in [1.82, 2.24) is 0 Å². The number of halogens is 6. The predicted octanol–water partition coefficient (Wildman–Crippen LogP) is 2.91. The first-order valence-electron chi connectivity index (χ1n) is 4.14. The Hall–Kier alpha value is -1.37. The number of esters is 1. The summed E-state index contributed by atoms with van der Waals surface area (Å²) in [5.41, 5.74) is 0. The lowest BCUT2D eigenvalue weighted by Crippen LogP contribution is -2.20.